The van der Waals surface area contributed by atoms with Crippen LogP contribution in [-0.2, 0) is 16.0 Å². The van der Waals surface area contributed by atoms with Crippen LogP contribution in [0.15, 0.2) is 42.5 Å². The molecule has 0 aliphatic carbocycles. The van der Waals surface area contributed by atoms with E-state index in [0.717, 1.165) is 31.6 Å². The van der Waals surface area contributed by atoms with Gasteiger partial charge in [0.15, 0.2) is 0 Å². The van der Waals surface area contributed by atoms with Crippen molar-refractivity contribution >= 4 is 16.6 Å². The van der Waals surface area contributed by atoms with Gasteiger partial charge in [-0.25, -0.2) is 0 Å². The lowest BCUT2D eigenvalue weighted by molar-refractivity contribution is -0.124. The summed E-state index contributed by atoms with van der Waals surface area (Å²) in [7, 11) is 0. The molecule has 98 valence electrons. The first-order chi connectivity index (χ1) is 9.34. The summed E-state index contributed by atoms with van der Waals surface area (Å²) in [6.07, 6.45) is 2.30. The molecule has 0 aromatic heterocycles. The first-order valence-electron chi connectivity index (χ1n) is 6.92. The van der Waals surface area contributed by atoms with Crippen LogP contribution in [-0.4, -0.2) is 19.0 Å². The van der Waals surface area contributed by atoms with Crippen LogP contribution in [0, 0.1) is 5.92 Å². The van der Waals surface area contributed by atoms with Crippen molar-refractivity contribution in [2.45, 2.75) is 19.3 Å². The van der Waals surface area contributed by atoms with Crippen LogP contribution in [0.25, 0.3) is 10.8 Å². The Morgan fingerprint density at radius 3 is 2.63 bits per heavy atom. The number of carbonyl (C=O) groups is 1. The van der Waals surface area contributed by atoms with E-state index in [4.69, 9.17) is 4.74 Å². The van der Waals surface area contributed by atoms with Gasteiger partial charge in [0.1, 0.15) is 5.78 Å². The molecule has 1 heterocycles. The molecule has 3 rings (SSSR count). The highest BCUT2D eigenvalue weighted by molar-refractivity contribution is 5.91. The summed E-state index contributed by atoms with van der Waals surface area (Å²) < 4.78 is 5.32. The van der Waals surface area contributed by atoms with E-state index in [1.54, 1.807) is 0 Å². The smallest absolute Gasteiger partial charge is 0.140 e. The van der Waals surface area contributed by atoms with E-state index in [-0.39, 0.29) is 5.92 Å². The predicted molar refractivity (Wildman–Crippen MR) is 76.2 cm³/mol. The van der Waals surface area contributed by atoms with Crippen molar-refractivity contribution in [1.82, 2.24) is 0 Å². The molecule has 19 heavy (non-hydrogen) atoms. The normalized spacial score (nSPS) is 16.6. The number of Topliss-reactive ketones (excluding diaryl/α,β-unsaturated/α-hetero) is 1. The van der Waals surface area contributed by atoms with Crippen molar-refractivity contribution in [2.75, 3.05) is 13.2 Å². The van der Waals surface area contributed by atoms with Crippen molar-refractivity contribution in [3.63, 3.8) is 0 Å². The molecule has 0 spiro atoms. The first kappa shape index (κ1) is 12.4. The van der Waals surface area contributed by atoms with Crippen molar-refractivity contribution in [1.29, 1.82) is 0 Å². The lowest BCUT2D eigenvalue weighted by Crippen LogP contribution is -2.24. The summed E-state index contributed by atoms with van der Waals surface area (Å²) in [5.41, 5.74) is 1.15. The van der Waals surface area contributed by atoms with Crippen molar-refractivity contribution < 1.29 is 9.53 Å². The van der Waals surface area contributed by atoms with Crippen molar-refractivity contribution in [3.8, 4) is 0 Å². The van der Waals surface area contributed by atoms with Gasteiger partial charge < -0.3 is 4.74 Å². The second kappa shape index (κ2) is 5.54. The van der Waals surface area contributed by atoms with E-state index in [1.165, 1.54) is 10.8 Å². The Labute approximate surface area is 113 Å². The Bertz CT molecular complexity index is 577. The van der Waals surface area contributed by atoms with Gasteiger partial charge in [-0.3, -0.25) is 4.79 Å². The molecule has 0 amide bonds. The van der Waals surface area contributed by atoms with Gasteiger partial charge in [0.25, 0.3) is 0 Å². The zero-order valence-electron chi connectivity index (χ0n) is 11.0. The predicted octanol–water partition coefficient (Wildman–Crippen LogP) is 3.38. The number of benzene rings is 2. The fourth-order valence-corrected chi connectivity index (χ4v) is 2.80. The number of ether oxygens (including phenoxy) is 1. The Kier molecular flexibility index (Phi) is 3.60. The maximum atomic E-state index is 12.4. The zero-order chi connectivity index (χ0) is 13.1. The van der Waals surface area contributed by atoms with Crippen LogP contribution in [0.5, 0.6) is 0 Å². The zero-order valence-corrected chi connectivity index (χ0v) is 11.0. The molecule has 0 bridgehead atoms. The van der Waals surface area contributed by atoms with Crippen LogP contribution in [0.3, 0.4) is 0 Å². The standard InChI is InChI=1S/C17H18O2/c18-17(14-8-10-19-11-9-14)12-15-6-3-5-13-4-1-2-7-16(13)15/h1-7,14H,8-12H2. The van der Waals surface area contributed by atoms with E-state index in [9.17, 15) is 4.79 Å². The van der Waals surface area contributed by atoms with Gasteiger partial charge in [0.2, 0.25) is 0 Å². The van der Waals surface area contributed by atoms with Gasteiger partial charge in [0, 0.05) is 25.6 Å². The van der Waals surface area contributed by atoms with Gasteiger partial charge >= 0.3 is 0 Å². The third-order valence-corrected chi connectivity index (χ3v) is 3.92. The average molecular weight is 254 g/mol. The van der Waals surface area contributed by atoms with Crippen LogP contribution in [0.1, 0.15) is 18.4 Å². The Hall–Kier alpha value is -1.67. The highest BCUT2D eigenvalue weighted by atomic mass is 16.5. The van der Waals surface area contributed by atoms with Crippen molar-refractivity contribution in [2.24, 2.45) is 5.92 Å². The number of fused-ring (bicyclic) bond motifs is 1. The SMILES string of the molecule is O=C(Cc1cccc2ccccc12)C1CCOCC1. The van der Waals surface area contributed by atoms with Crippen LogP contribution < -0.4 is 0 Å². The van der Waals surface area contributed by atoms with Crippen LogP contribution >= 0.6 is 0 Å². The molecular formula is C17H18O2. The minimum absolute atomic E-state index is 0.188. The molecule has 0 saturated carbocycles. The van der Waals surface area contributed by atoms with Crippen LogP contribution in [0.4, 0.5) is 0 Å². The Balaban J connectivity index is 1.82. The summed E-state index contributed by atoms with van der Waals surface area (Å²) in [4.78, 5) is 12.4. The number of hydrogen-bond donors (Lipinski definition) is 0. The number of hydrogen-bond acceptors (Lipinski definition) is 2. The van der Waals surface area contributed by atoms with E-state index < -0.39 is 0 Å². The summed E-state index contributed by atoms with van der Waals surface area (Å²) in [6, 6.07) is 14.5. The fraction of sp³-hybridized carbons (Fsp3) is 0.353. The van der Waals surface area contributed by atoms with E-state index in [2.05, 4.69) is 24.3 Å². The Morgan fingerprint density at radius 2 is 1.79 bits per heavy atom. The molecule has 2 aromatic rings. The van der Waals surface area contributed by atoms with Gasteiger partial charge in [0.05, 0.1) is 0 Å². The molecule has 0 radical (unpaired) electrons. The Morgan fingerprint density at radius 1 is 1.05 bits per heavy atom. The number of carbonyl (C=O) groups excluding carboxylic acids is 1. The van der Waals surface area contributed by atoms with Crippen LogP contribution in [0.2, 0.25) is 0 Å². The third kappa shape index (κ3) is 2.69. The topological polar surface area (TPSA) is 26.3 Å². The minimum Gasteiger partial charge on any atom is -0.381 e. The molecule has 0 N–H and O–H groups in total. The average Bonchev–Trinajstić information content (AvgIpc) is 2.48. The largest absolute Gasteiger partial charge is 0.381 e. The summed E-state index contributed by atoms with van der Waals surface area (Å²) in [5, 5.41) is 2.41. The van der Waals surface area contributed by atoms with E-state index in [0.29, 0.717) is 12.2 Å². The molecule has 0 atom stereocenters. The highest BCUT2D eigenvalue weighted by Crippen LogP contribution is 2.22. The monoisotopic (exact) mass is 254 g/mol. The summed E-state index contributed by atoms with van der Waals surface area (Å²) >= 11 is 0. The maximum Gasteiger partial charge on any atom is 0.140 e. The first-order valence-corrected chi connectivity index (χ1v) is 6.92. The molecule has 1 aliphatic heterocycles. The molecule has 1 aliphatic rings. The molecule has 2 heteroatoms. The maximum absolute atomic E-state index is 12.4. The number of rotatable bonds is 3. The quantitative estimate of drug-likeness (QED) is 0.839. The minimum atomic E-state index is 0.188. The second-order valence-corrected chi connectivity index (χ2v) is 5.17. The lowest BCUT2D eigenvalue weighted by atomic mass is 9.90. The van der Waals surface area contributed by atoms with E-state index >= 15 is 0 Å². The third-order valence-electron chi connectivity index (χ3n) is 3.92. The molecular weight excluding hydrogens is 236 g/mol. The molecule has 0 unspecified atom stereocenters. The van der Waals surface area contributed by atoms with Crippen molar-refractivity contribution in [3.05, 3.63) is 48.0 Å². The van der Waals surface area contributed by atoms with Gasteiger partial charge in [-0.2, -0.15) is 0 Å². The number of ketones is 1. The fourth-order valence-electron chi connectivity index (χ4n) is 2.80. The highest BCUT2D eigenvalue weighted by Gasteiger charge is 2.21. The molecule has 1 fully saturated rings. The van der Waals surface area contributed by atoms with Gasteiger partial charge in [-0.15, -0.1) is 0 Å². The van der Waals surface area contributed by atoms with Gasteiger partial charge in [-0.05, 0) is 29.2 Å². The van der Waals surface area contributed by atoms with E-state index in [1.807, 2.05) is 18.2 Å². The molecule has 2 nitrogen and oxygen atoms in total. The molecule has 1 saturated heterocycles. The lowest BCUT2D eigenvalue weighted by Gasteiger charge is -2.21. The summed E-state index contributed by atoms with van der Waals surface area (Å²) in [5.74, 6) is 0.548. The summed E-state index contributed by atoms with van der Waals surface area (Å²) in [6.45, 7) is 1.46. The second-order valence-electron chi connectivity index (χ2n) is 5.17. The molecule has 2 aromatic carbocycles. The van der Waals surface area contributed by atoms with Gasteiger partial charge in [-0.1, -0.05) is 42.5 Å².